The van der Waals surface area contributed by atoms with Gasteiger partial charge in [0, 0.05) is 5.69 Å². The van der Waals surface area contributed by atoms with E-state index in [0.717, 1.165) is 31.4 Å². The number of nitrogens with one attached hydrogen (secondary N) is 1. The van der Waals surface area contributed by atoms with Crippen molar-refractivity contribution in [3.05, 3.63) is 30.3 Å². The van der Waals surface area contributed by atoms with E-state index in [1.165, 1.54) is 0 Å². The van der Waals surface area contributed by atoms with Crippen LogP contribution in [-0.2, 0) is 9.59 Å². The topological polar surface area (TPSA) is 66.4 Å². The third kappa shape index (κ3) is 1.74. The summed E-state index contributed by atoms with van der Waals surface area (Å²) in [6.45, 7) is 0. The number of carbonyl (C=O) groups is 2. The van der Waals surface area contributed by atoms with Crippen molar-refractivity contribution in [3.63, 3.8) is 0 Å². The standard InChI is InChI=1S/C17H19NO3/c19-15(18-10-4-2-1-3-5-10)13-11-6-7-12(14(13)16(20)21)17(11)8-9-17/h1-5,11-14H,6-9H2,(H,18,19)(H,20,21). The van der Waals surface area contributed by atoms with Crippen LogP contribution >= 0.6 is 0 Å². The molecular formula is C17H19NO3. The predicted molar refractivity (Wildman–Crippen MR) is 77.6 cm³/mol. The fourth-order valence-electron chi connectivity index (χ4n) is 5.09. The zero-order chi connectivity index (χ0) is 14.6. The van der Waals surface area contributed by atoms with Gasteiger partial charge in [-0.2, -0.15) is 0 Å². The number of aliphatic carboxylic acids is 1. The molecule has 0 radical (unpaired) electrons. The Morgan fingerprint density at radius 1 is 1.05 bits per heavy atom. The van der Waals surface area contributed by atoms with Crippen LogP contribution < -0.4 is 5.32 Å². The zero-order valence-corrected chi connectivity index (χ0v) is 11.8. The average molecular weight is 285 g/mol. The zero-order valence-electron chi connectivity index (χ0n) is 11.8. The number of rotatable bonds is 3. The van der Waals surface area contributed by atoms with Crippen LogP contribution in [0.4, 0.5) is 5.69 Å². The van der Waals surface area contributed by atoms with Crippen LogP contribution in [0.1, 0.15) is 25.7 Å². The maximum absolute atomic E-state index is 12.7. The van der Waals surface area contributed by atoms with Gasteiger partial charge in [0.05, 0.1) is 11.8 Å². The molecule has 3 fully saturated rings. The second-order valence-corrected chi connectivity index (χ2v) is 6.77. The van der Waals surface area contributed by atoms with Crippen molar-refractivity contribution in [2.75, 3.05) is 5.32 Å². The van der Waals surface area contributed by atoms with Crippen LogP contribution in [0.15, 0.2) is 30.3 Å². The molecule has 1 aromatic rings. The lowest BCUT2D eigenvalue weighted by atomic mass is 9.78. The number of amides is 1. The van der Waals surface area contributed by atoms with Crippen molar-refractivity contribution in [2.24, 2.45) is 29.1 Å². The molecule has 0 aromatic heterocycles. The van der Waals surface area contributed by atoms with E-state index in [1.54, 1.807) is 0 Å². The van der Waals surface area contributed by atoms with E-state index in [0.29, 0.717) is 0 Å². The number of anilines is 1. The van der Waals surface area contributed by atoms with Crippen LogP contribution in [0.2, 0.25) is 0 Å². The first-order valence-corrected chi connectivity index (χ1v) is 7.72. The molecule has 4 atom stereocenters. The van der Waals surface area contributed by atoms with Crippen LogP contribution in [0.5, 0.6) is 0 Å². The molecule has 4 rings (SSSR count). The van der Waals surface area contributed by atoms with Crippen molar-refractivity contribution in [1.82, 2.24) is 0 Å². The van der Waals surface area contributed by atoms with Gasteiger partial charge in [0.1, 0.15) is 0 Å². The second kappa shape index (κ2) is 4.33. The summed E-state index contributed by atoms with van der Waals surface area (Å²) in [7, 11) is 0. The molecule has 1 amide bonds. The van der Waals surface area contributed by atoms with E-state index in [9.17, 15) is 14.7 Å². The molecule has 21 heavy (non-hydrogen) atoms. The molecule has 3 aliphatic rings. The second-order valence-electron chi connectivity index (χ2n) is 6.77. The summed E-state index contributed by atoms with van der Waals surface area (Å²) < 4.78 is 0. The normalized spacial score (nSPS) is 34.9. The van der Waals surface area contributed by atoms with Gasteiger partial charge >= 0.3 is 5.97 Å². The first-order valence-electron chi connectivity index (χ1n) is 7.72. The fraction of sp³-hybridized carbons (Fsp3) is 0.529. The Morgan fingerprint density at radius 2 is 1.67 bits per heavy atom. The summed E-state index contributed by atoms with van der Waals surface area (Å²) in [6.07, 6.45) is 4.22. The number of carbonyl (C=O) groups excluding carboxylic acids is 1. The Balaban J connectivity index is 1.61. The minimum atomic E-state index is -0.790. The van der Waals surface area contributed by atoms with Gasteiger partial charge in [-0.05, 0) is 55.1 Å². The van der Waals surface area contributed by atoms with Gasteiger partial charge in [0.2, 0.25) is 5.91 Å². The lowest BCUT2D eigenvalue weighted by Crippen LogP contribution is -2.37. The molecule has 4 nitrogen and oxygen atoms in total. The first-order chi connectivity index (χ1) is 10.1. The van der Waals surface area contributed by atoms with E-state index in [-0.39, 0.29) is 29.1 Å². The van der Waals surface area contributed by atoms with Crippen molar-refractivity contribution in [1.29, 1.82) is 0 Å². The van der Waals surface area contributed by atoms with Gasteiger partial charge in [-0.1, -0.05) is 18.2 Å². The first kappa shape index (κ1) is 12.9. The number of hydrogen-bond donors (Lipinski definition) is 2. The highest BCUT2D eigenvalue weighted by Gasteiger charge is 2.71. The van der Waals surface area contributed by atoms with Crippen molar-refractivity contribution in [3.8, 4) is 0 Å². The van der Waals surface area contributed by atoms with E-state index >= 15 is 0 Å². The molecule has 0 aliphatic heterocycles. The van der Waals surface area contributed by atoms with Crippen LogP contribution in [0.3, 0.4) is 0 Å². The molecule has 1 spiro atoms. The van der Waals surface area contributed by atoms with Gasteiger partial charge in [-0.25, -0.2) is 0 Å². The molecule has 2 N–H and O–H groups in total. The third-order valence-corrected chi connectivity index (χ3v) is 5.98. The quantitative estimate of drug-likeness (QED) is 0.897. The van der Waals surface area contributed by atoms with Gasteiger partial charge in [-0.3, -0.25) is 9.59 Å². The molecule has 2 bridgehead atoms. The van der Waals surface area contributed by atoms with Gasteiger partial charge in [-0.15, -0.1) is 0 Å². The third-order valence-electron chi connectivity index (χ3n) is 5.98. The molecule has 110 valence electrons. The Bertz CT molecular complexity index is 593. The van der Waals surface area contributed by atoms with Crippen molar-refractivity contribution >= 4 is 17.6 Å². The molecular weight excluding hydrogens is 266 g/mol. The van der Waals surface area contributed by atoms with Crippen LogP contribution in [0, 0.1) is 29.1 Å². The number of benzene rings is 1. The smallest absolute Gasteiger partial charge is 0.307 e. The Kier molecular flexibility index (Phi) is 2.65. The summed E-state index contributed by atoms with van der Waals surface area (Å²) >= 11 is 0. The molecule has 1 aromatic carbocycles. The van der Waals surface area contributed by atoms with E-state index in [4.69, 9.17) is 0 Å². The summed E-state index contributed by atoms with van der Waals surface area (Å²) in [5.41, 5.74) is 0.932. The summed E-state index contributed by atoms with van der Waals surface area (Å²) in [4.78, 5) is 24.4. The van der Waals surface area contributed by atoms with Gasteiger partial charge in [0.25, 0.3) is 0 Å². The number of hydrogen-bond acceptors (Lipinski definition) is 2. The number of carboxylic acid groups (broad SMARTS) is 1. The Morgan fingerprint density at radius 3 is 2.24 bits per heavy atom. The molecule has 3 aliphatic carbocycles. The molecule has 4 heteroatoms. The van der Waals surface area contributed by atoms with Crippen molar-refractivity contribution in [2.45, 2.75) is 25.7 Å². The highest BCUT2D eigenvalue weighted by Crippen LogP contribution is 2.74. The maximum atomic E-state index is 12.7. The van der Waals surface area contributed by atoms with Gasteiger partial charge < -0.3 is 10.4 Å². The minimum absolute atomic E-state index is 0.105. The largest absolute Gasteiger partial charge is 0.481 e. The van der Waals surface area contributed by atoms with E-state index in [1.807, 2.05) is 30.3 Å². The van der Waals surface area contributed by atoms with Crippen molar-refractivity contribution < 1.29 is 14.7 Å². The lowest BCUT2D eigenvalue weighted by Gasteiger charge is -2.26. The summed E-state index contributed by atoms with van der Waals surface area (Å²) in [6, 6.07) is 9.31. The highest BCUT2D eigenvalue weighted by atomic mass is 16.4. The van der Waals surface area contributed by atoms with Crippen LogP contribution in [0.25, 0.3) is 0 Å². The average Bonchev–Trinajstić information content (AvgIpc) is 3.13. The Labute approximate surface area is 123 Å². The predicted octanol–water partition coefficient (Wildman–Crippen LogP) is 2.76. The molecule has 4 unspecified atom stereocenters. The minimum Gasteiger partial charge on any atom is -0.481 e. The summed E-state index contributed by atoms with van der Waals surface area (Å²) in [5, 5.41) is 12.5. The highest BCUT2D eigenvalue weighted by molar-refractivity contribution is 5.96. The van der Waals surface area contributed by atoms with Gasteiger partial charge in [0.15, 0.2) is 0 Å². The van der Waals surface area contributed by atoms with E-state index < -0.39 is 11.9 Å². The molecule has 3 saturated carbocycles. The number of carboxylic acids is 1. The van der Waals surface area contributed by atoms with E-state index in [2.05, 4.69) is 5.32 Å². The number of para-hydroxylation sites is 1. The van der Waals surface area contributed by atoms with Crippen LogP contribution in [-0.4, -0.2) is 17.0 Å². The molecule has 0 heterocycles. The monoisotopic (exact) mass is 285 g/mol. The fourth-order valence-corrected chi connectivity index (χ4v) is 5.09. The SMILES string of the molecule is O=C(O)C1C(C(=O)Nc2ccccc2)C2CCC1C21CC1. The molecule has 0 saturated heterocycles. The maximum Gasteiger partial charge on any atom is 0.307 e. The lowest BCUT2D eigenvalue weighted by molar-refractivity contribution is -0.148. The Hall–Kier alpha value is -1.84. The summed E-state index contributed by atoms with van der Waals surface area (Å²) in [5.74, 6) is -1.26.